The molecular weight excluding hydrogens is 132 g/mol. The van der Waals surface area contributed by atoms with Gasteiger partial charge >= 0.3 is 5.69 Å². The van der Waals surface area contributed by atoms with E-state index in [1.54, 1.807) is 7.05 Å². The Morgan fingerprint density at radius 3 is 2.60 bits per heavy atom. The molecule has 0 spiro atoms. The van der Waals surface area contributed by atoms with Crippen LogP contribution in [0.4, 0.5) is 0 Å². The molecule has 0 aliphatic rings. The molecule has 0 atom stereocenters. The molecule has 1 aromatic heterocycles. The molecule has 0 bridgehead atoms. The zero-order valence-electron chi connectivity index (χ0n) is 6.11. The number of aryl methyl sites for hydroxylation is 2. The second-order valence-electron chi connectivity index (χ2n) is 2.11. The summed E-state index contributed by atoms with van der Waals surface area (Å²) in [5, 5.41) is 7.17. The monoisotopic (exact) mass is 142 g/mol. The van der Waals surface area contributed by atoms with Crippen LogP contribution in [0.15, 0.2) is 4.79 Å². The van der Waals surface area contributed by atoms with Crippen molar-refractivity contribution < 1.29 is 0 Å². The van der Waals surface area contributed by atoms with Crippen molar-refractivity contribution in [1.82, 2.24) is 19.8 Å². The van der Waals surface area contributed by atoms with E-state index in [0.717, 1.165) is 6.42 Å². The topological polar surface area (TPSA) is 52.7 Å². The molecule has 0 unspecified atom stereocenters. The predicted molar refractivity (Wildman–Crippen MR) is 35.6 cm³/mol. The molecule has 0 amide bonds. The van der Waals surface area contributed by atoms with Gasteiger partial charge in [0.1, 0.15) is 0 Å². The molecule has 0 aromatic carbocycles. The van der Waals surface area contributed by atoms with E-state index in [4.69, 9.17) is 0 Å². The van der Waals surface area contributed by atoms with E-state index in [-0.39, 0.29) is 5.69 Å². The number of tetrazole rings is 1. The zero-order chi connectivity index (χ0) is 7.56. The summed E-state index contributed by atoms with van der Waals surface area (Å²) < 4.78 is 2.57. The van der Waals surface area contributed by atoms with E-state index in [1.165, 1.54) is 9.36 Å². The quantitative estimate of drug-likeness (QED) is 0.553. The molecule has 0 N–H and O–H groups in total. The fraction of sp³-hybridized carbons (Fsp3) is 0.800. The number of nitrogens with zero attached hydrogens (tertiary/aromatic N) is 4. The second-order valence-corrected chi connectivity index (χ2v) is 2.11. The minimum atomic E-state index is -0.151. The lowest BCUT2D eigenvalue weighted by atomic mass is 10.5. The van der Waals surface area contributed by atoms with Crippen molar-refractivity contribution in [2.75, 3.05) is 0 Å². The molecule has 0 aliphatic carbocycles. The predicted octanol–water partition coefficient (Wildman–Crippen LogP) is -0.613. The lowest BCUT2D eigenvalue weighted by molar-refractivity contribution is 0.564. The summed E-state index contributed by atoms with van der Waals surface area (Å²) >= 11 is 0. The summed E-state index contributed by atoms with van der Waals surface area (Å²) in [7, 11) is 1.58. The molecule has 5 nitrogen and oxygen atoms in total. The number of rotatable bonds is 2. The number of hydrogen-bond acceptors (Lipinski definition) is 3. The van der Waals surface area contributed by atoms with Gasteiger partial charge in [-0.15, -0.1) is 0 Å². The zero-order valence-corrected chi connectivity index (χ0v) is 6.11. The Balaban J connectivity index is 2.95. The smallest absolute Gasteiger partial charge is 0.244 e. The lowest BCUT2D eigenvalue weighted by Gasteiger charge is -1.89. The Kier molecular flexibility index (Phi) is 1.84. The normalized spacial score (nSPS) is 10.2. The van der Waals surface area contributed by atoms with Gasteiger partial charge in [-0.3, -0.25) is 0 Å². The van der Waals surface area contributed by atoms with Gasteiger partial charge in [0.25, 0.3) is 0 Å². The molecule has 56 valence electrons. The maximum absolute atomic E-state index is 11.0. The third-order valence-corrected chi connectivity index (χ3v) is 1.22. The van der Waals surface area contributed by atoms with Crippen molar-refractivity contribution in [3.63, 3.8) is 0 Å². The SMILES string of the molecule is CCCn1nnn(C)c1=O. The molecule has 1 rings (SSSR count). The van der Waals surface area contributed by atoms with Gasteiger partial charge in [-0.05, 0) is 16.8 Å². The third kappa shape index (κ3) is 1.07. The molecule has 0 aliphatic heterocycles. The van der Waals surface area contributed by atoms with Crippen LogP contribution in [0.3, 0.4) is 0 Å². The molecule has 1 aromatic rings. The van der Waals surface area contributed by atoms with Crippen molar-refractivity contribution in [3.8, 4) is 0 Å². The lowest BCUT2D eigenvalue weighted by Crippen LogP contribution is -2.23. The fourth-order valence-electron chi connectivity index (χ4n) is 0.704. The Morgan fingerprint density at radius 1 is 1.50 bits per heavy atom. The highest BCUT2D eigenvalue weighted by Crippen LogP contribution is 1.77. The van der Waals surface area contributed by atoms with Crippen LogP contribution in [-0.2, 0) is 13.6 Å². The summed E-state index contributed by atoms with van der Waals surface area (Å²) in [6.07, 6.45) is 0.901. The minimum Gasteiger partial charge on any atom is -0.244 e. The van der Waals surface area contributed by atoms with Gasteiger partial charge in [0.15, 0.2) is 0 Å². The van der Waals surface area contributed by atoms with E-state index in [0.29, 0.717) is 6.54 Å². The van der Waals surface area contributed by atoms with Gasteiger partial charge in [0.05, 0.1) is 0 Å². The average molecular weight is 142 g/mol. The standard InChI is InChI=1S/C5H10N4O/c1-3-4-9-5(10)8(2)6-7-9/h3-4H2,1-2H3. The highest BCUT2D eigenvalue weighted by Gasteiger charge is 1.98. The van der Waals surface area contributed by atoms with Crippen LogP contribution in [-0.4, -0.2) is 19.8 Å². The summed E-state index contributed by atoms with van der Waals surface area (Å²) in [6, 6.07) is 0. The van der Waals surface area contributed by atoms with Crippen molar-refractivity contribution in [1.29, 1.82) is 0 Å². The molecule has 10 heavy (non-hydrogen) atoms. The van der Waals surface area contributed by atoms with Crippen LogP contribution in [0, 0.1) is 0 Å². The first-order valence-electron chi connectivity index (χ1n) is 3.22. The summed E-state index contributed by atoms with van der Waals surface area (Å²) in [4.78, 5) is 11.0. The molecular formula is C5H10N4O. The minimum absolute atomic E-state index is 0.151. The van der Waals surface area contributed by atoms with Crippen LogP contribution in [0.2, 0.25) is 0 Å². The van der Waals surface area contributed by atoms with Crippen LogP contribution in [0.1, 0.15) is 13.3 Å². The number of aromatic nitrogens is 4. The van der Waals surface area contributed by atoms with Crippen molar-refractivity contribution in [2.24, 2.45) is 7.05 Å². The largest absolute Gasteiger partial charge is 0.363 e. The first-order valence-corrected chi connectivity index (χ1v) is 3.22. The number of hydrogen-bond donors (Lipinski definition) is 0. The van der Waals surface area contributed by atoms with E-state index in [9.17, 15) is 4.79 Å². The van der Waals surface area contributed by atoms with Gasteiger partial charge in [0.2, 0.25) is 0 Å². The first-order chi connectivity index (χ1) is 4.75. The van der Waals surface area contributed by atoms with Crippen LogP contribution < -0.4 is 5.69 Å². The highest BCUT2D eigenvalue weighted by atomic mass is 16.2. The molecule has 0 fully saturated rings. The van der Waals surface area contributed by atoms with Crippen molar-refractivity contribution >= 4 is 0 Å². The third-order valence-electron chi connectivity index (χ3n) is 1.22. The molecule has 1 heterocycles. The van der Waals surface area contributed by atoms with Gasteiger partial charge < -0.3 is 0 Å². The Morgan fingerprint density at radius 2 is 2.20 bits per heavy atom. The molecule has 0 saturated carbocycles. The van der Waals surface area contributed by atoms with Gasteiger partial charge in [-0.2, -0.15) is 9.36 Å². The average Bonchev–Trinajstić information content (AvgIpc) is 2.20. The molecule has 0 radical (unpaired) electrons. The van der Waals surface area contributed by atoms with Crippen LogP contribution in [0.25, 0.3) is 0 Å². The Labute approximate surface area is 58.2 Å². The Bertz CT molecular complexity index is 261. The van der Waals surface area contributed by atoms with E-state index < -0.39 is 0 Å². The van der Waals surface area contributed by atoms with Crippen molar-refractivity contribution in [3.05, 3.63) is 10.5 Å². The van der Waals surface area contributed by atoms with Gasteiger partial charge in [0, 0.05) is 13.6 Å². The van der Waals surface area contributed by atoms with Gasteiger partial charge in [-0.25, -0.2) is 4.79 Å². The molecule has 0 saturated heterocycles. The van der Waals surface area contributed by atoms with E-state index in [2.05, 4.69) is 10.4 Å². The van der Waals surface area contributed by atoms with Crippen LogP contribution in [0.5, 0.6) is 0 Å². The highest BCUT2D eigenvalue weighted by molar-refractivity contribution is 4.54. The van der Waals surface area contributed by atoms with Gasteiger partial charge in [-0.1, -0.05) is 6.92 Å². The maximum Gasteiger partial charge on any atom is 0.363 e. The summed E-state index contributed by atoms with van der Waals surface area (Å²) in [5.74, 6) is 0. The first kappa shape index (κ1) is 6.98. The Hall–Kier alpha value is -1.13. The van der Waals surface area contributed by atoms with Crippen molar-refractivity contribution in [2.45, 2.75) is 19.9 Å². The van der Waals surface area contributed by atoms with E-state index in [1.807, 2.05) is 6.92 Å². The maximum atomic E-state index is 11.0. The summed E-state index contributed by atoms with van der Waals surface area (Å²) in [5.41, 5.74) is -0.151. The summed E-state index contributed by atoms with van der Waals surface area (Å²) in [6.45, 7) is 2.63. The van der Waals surface area contributed by atoms with Crippen LogP contribution >= 0.6 is 0 Å². The molecule has 5 heteroatoms. The fourth-order valence-corrected chi connectivity index (χ4v) is 0.704. The van der Waals surface area contributed by atoms with E-state index >= 15 is 0 Å². The second kappa shape index (κ2) is 2.64.